The van der Waals surface area contributed by atoms with Crippen LogP contribution >= 0.6 is 0 Å². The smallest absolute Gasteiger partial charge is 0.394 e. The van der Waals surface area contributed by atoms with Gasteiger partial charge in [-0.1, -0.05) is 0 Å². The zero-order chi connectivity index (χ0) is 19.3. The number of carbonyl (C=O) groups excluding carboxylic acids is 1. The van der Waals surface area contributed by atoms with Crippen LogP contribution < -0.4 is 4.90 Å². The second kappa shape index (κ2) is 8.38. The lowest BCUT2D eigenvalue weighted by molar-refractivity contribution is -0.137. The predicted molar refractivity (Wildman–Crippen MR) is 87.5 cm³/mol. The average molecular weight is 371 g/mol. The maximum Gasteiger partial charge on any atom is 0.417 e. The number of nitriles is 1. The summed E-state index contributed by atoms with van der Waals surface area (Å²) in [6, 6.07) is 4.56. The molecule has 2 rings (SSSR count). The van der Waals surface area contributed by atoms with E-state index in [-0.39, 0.29) is 38.6 Å². The van der Waals surface area contributed by atoms with Gasteiger partial charge >= 0.3 is 6.18 Å². The number of amides is 1. The van der Waals surface area contributed by atoms with E-state index in [1.165, 1.54) is 18.1 Å². The van der Waals surface area contributed by atoms with Crippen molar-refractivity contribution in [2.24, 2.45) is 0 Å². The van der Waals surface area contributed by atoms with Gasteiger partial charge in [0, 0.05) is 32.4 Å². The Morgan fingerprint density at radius 1 is 1.42 bits per heavy atom. The van der Waals surface area contributed by atoms with E-state index in [0.717, 1.165) is 12.1 Å². The second-order valence-corrected chi connectivity index (χ2v) is 5.95. The minimum Gasteiger partial charge on any atom is -0.394 e. The standard InChI is InChI=1S/C17H20F3N3O3/c1-26-7-4-16(25)23-6-5-22(10-14(23)11-24)13-3-2-12(9-21)15(8-13)17(18,19)20/h2-3,8,14,24H,4-7,10-11H2,1H3. The van der Waals surface area contributed by atoms with Gasteiger partial charge in [0.05, 0.1) is 42.9 Å². The molecule has 0 spiro atoms. The Morgan fingerprint density at radius 3 is 2.73 bits per heavy atom. The number of halogens is 3. The molecule has 1 amide bonds. The van der Waals surface area contributed by atoms with Crippen LogP contribution in [0, 0.1) is 11.3 Å². The minimum atomic E-state index is -4.63. The summed E-state index contributed by atoms with van der Waals surface area (Å²) >= 11 is 0. The highest BCUT2D eigenvalue weighted by Gasteiger charge is 2.35. The third kappa shape index (κ3) is 4.45. The zero-order valence-corrected chi connectivity index (χ0v) is 14.3. The van der Waals surface area contributed by atoms with E-state index in [1.807, 2.05) is 0 Å². The van der Waals surface area contributed by atoms with Crippen molar-refractivity contribution in [1.29, 1.82) is 5.26 Å². The fourth-order valence-electron chi connectivity index (χ4n) is 2.97. The molecule has 142 valence electrons. The molecule has 1 aromatic carbocycles. The Morgan fingerprint density at radius 2 is 2.15 bits per heavy atom. The fourth-order valence-corrected chi connectivity index (χ4v) is 2.97. The summed E-state index contributed by atoms with van der Waals surface area (Å²) in [5, 5.41) is 18.5. The van der Waals surface area contributed by atoms with Crippen LogP contribution in [0.15, 0.2) is 18.2 Å². The SMILES string of the molecule is COCCC(=O)N1CCN(c2ccc(C#N)c(C(F)(F)F)c2)CC1CO. The lowest BCUT2D eigenvalue weighted by atomic mass is 10.0. The molecule has 0 bridgehead atoms. The number of aliphatic hydroxyl groups excluding tert-OH is 1. The molecule has 1 saturated heterocycles. The highest BCUT2D eigenvalue weighted by molar-refractivity contribution is 5.77. The Bertz CT molecular complexity index is 688. The molecule has 0 aromatic heterocycles. The largest absolute Gasteiger partial charge is 0.417 e. The van der Waals surface area contributed by atoms with E-state index >= 15 is 0 Å². The van der Waals surface area contributed by atoms with E-state index in [1.54, 1.807) is 11.0 Å². The van der Waals surface area contributed by atoms with Crippen molar-refractivity contribution in [2.75, 3.05) is 44.9 Å². The van der Waals surface area contributed by atoms with Gasteiger partial charge in [0.2, 0.25) is 5.91 Å². The number of methoxy groups -OCH3 is 1. The molecule has 1 aliphatic rings. The van der Waals surface area contributed by atoms with Crippen LogP contribution in [-0.2, 0) is 15.7 Å². The van der Waals surface area contributed by atoms with Crippen molar-refractivity contribution in [3.63, 3.8) is 0 Å². The second-order valence-electron chi connectivity index (χ2n) is 5.95. The number of carbonyl (C=O) groups is 1. The summed E-state index contributed by atoms with van der Waals surface area (Å²) in [5.41, 5.74) is -1.12. The van der Waals surface area contributed by atoms with Crippen molar-refractivity contribution >= 4 is 11.6 Å². The third-order valence-electron chi connectivity index (χ3n) is 4.33. The molecule has 1 atom stereocenters. The first-order valence-corrected chi connectivity index (χ1v) is 8.07. The molecule has 1 aromatic rings. The van der Waals surface area contributed by atoms with Crippen LogP contribution in [0.4, 0.5) is 18.9 Å². The number of aliphatic hydroxyl groups is 1. The molecular weight excluding hydrogens is 351 g/mol. The van der Waals surface area contributed by atoms with Gasteiger partial charge in [-0.25, -0.2) is 0 Å². The summed E-state index contributed by atoms with van der Waals surface area (Å²) in [6.45, 7) is 0.797. The van der Waals surface area contributed by atoms with Gasteiger partial charge in [-0.15, -0.1) is 0 Å². The van der Waals surface area contributed by atoms with Crippen molar-refractivity contribution in [2.45, 2.75) is 18.6 Å². The molecule has 1 unspecified atom stereocenters. The number of benzene rings is 1. The van der Waals surface area contributed by atoms with Crippen LogP contribution in [0.1, 0.15) is 17.5 Å². The molecule has 1 N–H and O–H groups in total. The van der Waals surface area contributed by atoms with E-state index in [0.29, 0.717) is 12.2 Å². The number of alkyl halides is 3. The Labute approximate surface area is 149 Å². The molecule has 1 aliphatic heterocycles. The van der Waals surface area contributed by atoms with Gasteiger partial charge in [0.25, 0.3) is 0 Å². The fraction of sp³-hybridized carbons (Fsp3) is 0.529. The first-order chi connectivity index (χ1) is 12.3. The van der Waals surface area contributed by atoms with Crippen molar-refractivity contribution in [3.8, 4) is 6.07 Å². The summed E-state index contributed by atoms with van der Waals surface area (Å²) in [7, 11) is 1.48. The lowest BCUT2D eigenvalue weighted by Gasteiger charge is -2.42. The van der Waals surface area contributed by atoms with Gasteiger partial charge < -0.3 is 19.6 Å². The number of anilines is 1. The van der Waals surface area contributed by atoms with Gasteiger partial charge in [-0.3, -0.25) is 4.79 Å². The monoisotopic (exact) mass is 371 g/mol. The molecule has 9 heteroatoms. The van der Waals surface area contributed by atoms with Crippen LogP contribution in [0.5, 0.6) is 0 Å². The van der Waals surface area contributed by atoms with E-state index in [2.05, 4.69) is 0 Å². The predicted octanol–water partition coefficient (Wildman–Crippen LogP) is 1.62. The molecule has 1 fully saturated rings. The van der Waals surface area contributed by atoms with Crippen LogP contribution in [0.3, 0.4) is 0 Å². The minimum absolute atomic E-state index is 0.165. The molecule has 0 radical (unpaired) electrons. The van der Waals surface area contributed by atoms with Crippen LogP contribution in [-0.4, -0.2) is 61.9 Å². The molecule has 1 heterocycles. The highest BCUT2D eigenvalue weighted by atomic mass is 19.4. The maximum absolute atomic E-state index is 13.1. The molecular formula is C17H20F3N3O3. The quantitative estimate of drug-likeness (QED) is 0.851. The maximum atomic E-state index is 13.1. The first-order valence-electron chi connectivity index (χ1n) is 8.07. The Kier molecular flexibility index (Phi) is 6.45. The summed E-state index contributed by atoms with van der Waals surface area (Å²) < 4.78 is 44.3. The number of rotatable bonds is 5. The van der Waals surface area contributed by atoms with E-state index in [4.69, 9.17) is 10.00 Å². The summed E-state index contributed by atoms with van der Waals surface area (Å²) in [6.07, 6.45) is -4.45. The number of piperazine rings is 1. The van der Waals surface area contributed by atoms with Crippen LogP contribution in [0.25, 0.3) is 0 Å². The van der Waals surface area contributed by atoms with Gasteiger partial charge in [0.1, 0.15) is 0 Å². The number of hydrogen-bond donors (Lipinski definition) is 1. The Balaban J connectivity index is 2.19. The molecule has 6 nitrogen and oxygen atoms in total. The van der Waals surface area contributed by atoms with Gasteiger partial charge in [0.15, 0.2) is 0 Å². The van der Waals surface area contributed by atoms with Crippen molar-refractivity contribution in [1.82, 2.24) is 4.90 Å². The topological polar surface area (TPSA) is 76.8 Å². The highest BCUT2D eigenvalue weighted by Crippen LogP contribution is 2.34. The van der Waals surface area contributed by atoms with Crippen molar-refractivity contribution in [3.05, 3.63) is 29.3 Å². The average Bonchev–Trinajstić information content (AvgIpc) is 2.64. The normalized spacial score (nSPS) is 17.9. The van der Waals surface area contributed by atoms with E-state index < -0.39 is 23.3 Å². The number of ether oxygens (including phenoxy) is 1. The van der Waals surface area contributed by atoms with Gasteiger partial charge in [-0.2, -0.15) is 18.4 Å². The number of nitrogens with zero attached hydrogens (tertiary/aromatic N) is 3. The number of hydrogen-bond acceptors (Lipinski definition) is 5. The van der Waals surface area contributed by atoms with Gasteiger partial charge in [-0.05, 0) is 18.2 Å². The third-order valence-corrected chi connectivity index (χ3v) is 4.33. The van der Waals surface area contributed by atoms with Crippen LogP contribution in [0.2, 0.25) is 0 Å². The first kappa shape index (κ1) is 20.0. The van der Waals surface area contributed by atoms with E-state index in [9.17, 15) is 23.1 Å². The summed E-state index contributed by atoms with van der Waals surface area (Å²) in [4.78, 5) is 15.4. The zero-order valence-electron chi connectivity index (χ0n) is 14.3. The molecule has 26 heavy (non-hydrogen) atoms. The molecule has 0 saturated carbocycles. The lowest BCUT2D eigenvalue weighted by Crippen LogP contribution is -2.57. The Hall–Kier alpha value is -2.31. The summed E-state index contributed by atoms with van der Waals surface area (Å²) in [5.74, 6) is -0.165. The van der Waals surface area contributed by atoms with Crippen molar-refractivity contribution < 1.29 is 27.8 Å². The molecule has 0 aliphatic carbocycles.